The number of nitrogens with one attached hydrogen (secondary N) is 1. The van der Waals surface area contributed by atoms with Crippen molar-refractivity contribution in [3.63, 3.8) is 0 Å². The Morgan fingerprint density at radius 2 is 1.81 bits per heavy atom. The van der Waals surface area contributed by atoms with Crippen LogP contribution in [0.4, 0.5) is 0 Å². The second-order valence-electron chi connectivity index (χ2n) is 4.94. The first-order valence-corrected chi connectivity index (χ1v) is 6.29. The normalized spacial score (nSPS) is 19.6. The Kier molecular flexibility index (Phi) is 3.97. The molecule has 1 aliphatic rings. The monoisotopic (exact) mass is 218 g/mol. The average molecular weight is 218 g/mol. The summed E-state index contributed by atoms with van der Waals surface area (Å²) in [5.74, 6) is 0. The summed E-state index contributed by atoms with van der Waals surface area (Å²) in [5.41, 5.74) is 7.80. The molecule has 1 aromatic rings. The number of hydrogen-bond acceptors (Lipinski definition) is 2. The molecule has 0 unspecified atom stereocenters. The van der Waals surface area contributed by atoms with Gasteiger partial charge in [-0.15, -0.1) is 0 Å². The lowest BCUT2D eigenvalue weighted by atomic mass is 9.75. The molecule has 0 amide bonds. The van der Waals surface area contributed by atoms with Crippen LogP contribution in [0.1, 0.15) is 24.8 Å². The molecule has 2 rings (SSSR count). The summed E-state index contributed by atoms with van der Waals surface area (Å²) in [6.07, 6.45) is 4.86. The summed E-state index contributed by atoms with van der Waals surface area (Å²) in [5, 5.41) is 3.42. The lowest BCUT2D eigenvalue weighted by Gasteiger charge is -2.36. The van der Waals surface area contributed by atoms with Gasteiger partial charge in [0.1, 0.15) is 0 Å². The molecule has 2 nitrogen and oxygen atoms in total. The maximum atomic E-state index is 5.97. The molecule has 0 aromatic heterocycles. The van der Waals surface area contributed by atoms with Crippen LogP contribution >= 0.6 is 0 Å². The molecule has 1 heterocycles. The van der Waals surface area contributed by atoms with Crippen molar-refractivity contribution in [2.45, 2.75) is 25.7 Å². The predicted octanol–water partition coefficient (Wildman–Crippen LogP) is 1.95. The molecule has 0 saturated carbocycles. The van der Waals surface area contributed by atoms with Crippen LogP contribution in [0, 0.1) is 5.41 Å². The predicted molar refractivity (Wildman–Crippen MR) is 68.4 cm³/mol. The molecule has 0 radical (unpaired) electrons. The molecular weight excluding hydrogens is 196 g/mol. The van der Waals surface area contributed by atoms with E-state index in [0.717, 1.165) is 26.1 Å². The fraction of sp³-hybridized carbons (Fsp3) is 0.571. The Bertz CT molecular complexity index is 302. The largest absolute Gasteiger partial charge is 0.330 e. The van der Waals surface area contributed by atoms with Crippen molar-refractivity contribution in [2.75, 3.05) is 19.6 Å². The van der Waals surface area contributed by atoms with Crippen LogP contribution in [0.25, 0.3) is 0 Å². The standard InChI is InChI=1S/C14H22N2/c15-12-14(8-10-16-11-9-14)7-6-13-4-2-1-3-5-13/h1-5,16H,6-12,15H2. The van der Waals surface area contributed by atoms with Crippen molar-refractivity contribution in [3.8, 4) is 0 Å². The summed E-state index contributed by atoms with van der Waals surface area (Å²) in [7, 11) is 0. The minimum Gasteiger partial charge on any atom is -0.330 e. The van der Waals surface area contributed by atoms with Crippen molar-refractivity contribution in [2.24, 2.45) is 11.1 Å². The van der Waals surface area contributed by atoms with Crippen LogP contribution in [0.5, 0.6) is 0 Å². The van der Waals surface area contributed by atoms with E-state index in [-0.39, 0.29) is 0 Å². The molecule has 1 aliphatic heterocycles. The Hall–Kier alpha value is -0.860. The van der Waals surface area contributed by atoms with E-state index in [1.165, 1.54) is 24.8 Å². The van der Waals surface area contributed by atoms with E-state index in [1.807, 2.05) is 0 Å². The van der Waals surface area contributed by atoms with Gasteiger partial charge >= 0.3 is 0 Å². The molecule has 0 bridgehead atoms. The van der Waals surface area contributed by atoms with Gasteiger partial charge in [-0.3, -0.25) is 0 Å². The molecule has 3 N–H and O–H groups in total. The van der Waals surface area contributed by atoms with Crippen LogP contribution in [0.2, 0.25) is 0 Å². The number of rotatable bonds is 4. The summed E-state index contributed by atoms with van der Waals surface area (Å²) in [6.45, 7) is 3.10. The van der Waals surface area contributed by atoms with Crippen molar-refractivity contribution < 1.29 is 0 Å². The quantitative estimate of drug-likeness (QED) is 0.810. The molecule has 16 heavy (non-hydrogen) atoms. The van der Waals surface area contributed by atoms with Gasteiger partial charge in [-0.2, -0.15) is 0 Å². The van der Waals surface area contributed by atoms with Gasteiger partial charge in [0.25, 0.3) is 0 Å². The van der Waals surface area contributed by atoms with Gasteiger partial charge in [0.05, 0.1) is 0 Å². The zero-order chi connectivity index (χ0) is 11.3. The van der Waals surface area contributed by atoms with Crippen LogP contribution < -0.4 is 11.1 Å². The van der Waals surface area contributed by atoms with Crippen molar-refractivity contribution in [1.82, 2.24) is 5.32 Å². The third kappa shape index (κ3) is 2.83. The maximum Gasteiger partial charge on any atom is -0.00195 e. The van der Waals surface area contributed by atoms with E-state index in [4.69, 9.17) is 5.73 Å². The van der Waals surface area contributed by atoms with E-state index in [9.17, 15) is 0 Å². The highest BCUT2D eigenvalue weighted by molar-refractivity contribution is 5.15. The smallest absolute Gasteiger partial charge is 0.00195 e. The number of benzene rings is 1. The lowest BCUT2D eigenvalue weighted by molar-refractivity contribution is 0.194. The minimum absolute atomic E-state index is 0.390. The fourth-order valence-corrected chi connectivity index (χ4v) is 2.57. The van der Waals surface area contributed by atoms with E-state index < -0.39 is 0 Å². The summed E-state index contributed by atoms with van der Waals surface area (Å²) >= 11 is 0. The number of aryl methyl sites for hydroxylation is 1. The highest BCUT2D eigenvalue weighted by atomic mass is 14.9. The van der Waals surface area contributed by atoms with E-state index in [0.29, 0.717) is 5.41 Å². The lowest BCUT2D eigenvalue weighted by Crippen LogP contribution is -2.41. The SMILES string of the molecule is NCC1(CCc2ccccc2)CCNCC1. The highest BCUT2D eigenvalue weighted by Gasteiger charge is 2.29. The topological polar surface area (TPSA) is 38.0 Å². The first-order valence-electron chi connectivity index (χ1n) is 6.29. The molecule has 1 fully saturated rings. The van der Waals surface area contributed by atoms with E-state index >= 15 is 0 Å². The number of nitrogens with two attached hydrogens (primary N) is 1. The van der Waals surface area contributed by atoms with Crippen LogP contribution in [-0.4, -0.2) is 19.6 Å². The summed E-state index contributed by atoms with van der Waals surface area (Å²) < 4.78 is 0. The second kappa shape index (κ2) is 5.46. The molecule has 2 heteroatoms. The third-order valence-electron chi connectivity index (χ3n) is 3.88. The number of piperidine rings is 1. The zero-order valence-corrected chi connectivity index (χ0v) is 9.91. The molecule has 0 aliphatic carbocycles. The molecule has 0 atom stereocenters. The third-order valence-corrected chi connectivity index (χ3v) is 3.88. The van der Waals surface area contributed by atoms with Gasteiger partial charge < -0.3 is 11.1 Å². The summed E-state index contributed by atoms with van der Waals surface area (Å²) in [4.78, 5) is 0. The Morgan fingerprint density at radius 1 is 1.12 bits per heavy atom. The number of hydrogen-bond donors (Lipinski definition) is 2. The van der Waals surface area contributed by atoms with Gasteiger partial charge in [0.15, 0.2) is 0 Å². The van der Waals surface area contributed by atoms with Crippen LogP contribution in [0.15, 0.2) is 30.3 Å². The van der Waals surface area contributed by atoms with E-state index in [1.54, 1.807) is 0 Å². The van der Waals surface area contributed by atoms with Gasteiger partial charge in [-0.25, -0.2) is 0 Å². The molecule has 1 saturated heterocycles. The molecular formula is C14H22N2. The zero-order valence-electron chi connectivity index (χ0n) is 9.91. The Balaban J connectivity index is 1.92. The maximum absolute atomic E-state index is 5.97. The van der Waals surface area contributed by atoms with Crippen molar-refractivity contribution in [1.29, 1.82) is 0 Å². The van der Waals surface area contributed by atoms with Gasteiger partial charge in [-0.1, -0.05) is 30.3 Å². The van der Waals surface area contributed by atoms with Gasteiger partial charge in [0.2, 0.25) is 0 Å². The summed E-state index contributed by atoms with van der Waals surface area (Å²) in [6, 6.07) is 10.7. The first kappa shape index (κ1) is 11.6. The average Bonchev–Trinajstić information content (AvgIpc) is 2.39. The second-order valence-corrected chi connectivity index (χ2v) is 4.94. The minimum atomic E-state index is 0.390. The molecule has 88 valence electrons. The Morgan fingerprint density at radius 3 is 2.44 bits per heavy atom. The first-order chi connectivity index (χ1) is 7.85. The van der Waals surface area contributed by atoms with Crippen molar-refractivity contribution in [3.05, 3.63) is 35.9 Å². The fourth-order valence-electron chi connectivity index (χ4n) is 2.57. The van der Waals surface area contributed by atoms with Gasteiger partial charge in [0, 0.05) is 0 Å². The van der Waals surface area contributed by atoms with Crippen molar-refractivity contribution >= 4 is 0 Å². The van der Waals surface area contributed by atoms with Crippen LogP contribution in [-0.2, 0) is 6.42 Å². The Labute approximate surface area is 98.2 Å². The van der Waals surface area contributed by atoms with Crippen LogP contribution in [0.3, 0.4) is 0 Å². The highest BCUT2D eigenvalue weighted by Crippen LogP contribution is 2.32. The molecule has 1 aromatic carbocycles. The molecule has 0 spiro atoms. The van der Waals surface area contributed by atoms with E-state index in [2.05, 4.69) is 35.6 Å². The van der Waals surface area contributed by atoms with Gasteiger partial charge in [-0.05, 0) is 56.3 Å².